The summed E-state index contributed by atoms with van der Waals surface area (Å²) in [5, 5.41) is 3.41. The van der Waals surface area contributed by atoms with E-state index < -0.39 is 0 Å². The SMILES string of the molecule is CCCNCc1cc(-c2cc(C)cc(C)c2)ns1. The van der Waals surface area contributed by atoms with Gasteiger partial charge in [0.2, 0.25) is 0 Å². The normalized spacial score (nSPS) is 10.8. The summed E-state index contributed by atoms with van der Waals surface area (Å²) < 4.78 is 4.55. The molecule has 0 spiro atoms. The van der Waals surface area contributed by atoms with Gasteiger partial charge in [0, 0.05) is 17.0 Å². The Kier molecular flexibility index (Phi) is 4.50. The fourth-order valence-electron chi connectivity index (χ4n) is 2.04. The second-order valence-electron chi connectivity index (χ2n) is 4.73. The molecule has 3 heteroatoms. The van der Waals surface area contributed by atoms with Gasteiger partial charge in [-0.1, -0.05) is 24.1 Å². The molecule has 0 amide bonds. The van der Waals surface area contributed by atoms with Crippen LogP contribution in [-0.4, -0.2) is 10.9 Å². The molecule has 0 bridgehead atoms. The molecule has 0 fully saturated rings. The highest BCUT2D eigenvalue weighted by atomic mass is 32.1. The summed E-state index contributed by atoms with van der Waals surface area (Å²) in [5.41, 5.74) is 4.91. The number of benzene rings is 1. The van der Waals surface area contributed by atoms with Crippen LogP contribution in [0.3, 0.4) is 0 Å². The average Bonchev–Trinajstić information content (AvgIpc) is 2.77. The van der Waals surface area contributed by atoms with Crippen molar-refractivity contribution in [3.8, 4) is 11.3 Å². The first kappa shape index (κ1) is 13.2. The predicted molar refractivity (Wildman–Crippen MR) is 79.0 cm³/mol. The van der Waals surface area contributed by atoms with Gasteiger partial charge in [-0.15, -0.1) is 0 Å². The lowest BCUT2D eigenvalue weighted by atomic mass is 10.1. The Morgan fingerprint density at radius 3 is 2.50 bits per heavy atom. The Hall–Kier alpha value is -1.19. The molecule has 1 heterocycles. The minimum atomic E-state index is 0.927. The highest BCUT2D eigenvalue weighted by molar-refractivity contribution is 7.06. The Morgan fingerprint density at radius 2 is 1.83 bits per heavy atom. The summed E-state index contributed by atoms with van der Waals surface area (Å²) in [6, 6.07) is 8.79. The fourth-order valence-corrected chi connectivity index (χ4v) is 2.75. The van der Waals surface area contributed by atoms with Crippen LogP contribution in [-0.2, 0) is 6.54 Å². The molecular formula is C15H20N2S. The van der Waals surface area contributed by atoms with E-state index in [1.807, 2.05) is 0 Å². The van der Waals surface area contributed by atoms with Crippen molar-refractivity contribution in [3.63, 3.8) is 0 Å². The Bertz CT molecular complexity index is 497. The number of nitrogens with zero attached hydrogens (tertiary/aromatic N) is 1. The molecule has 0 aliphatic rings. The van der Waals surface area contributed by atoms with Crippen LogP contribution in [0.25, 0.3) is 11.3 Å². The van der Waals surface area contributed by atoms with Crippen molar-refractivity contribution >= 4 is 11.5 Å². The molecule has 0 atom stereocenters. The Labute approximate surface area is 113 Å². The van der Waals surface area contributed by atoms with Crippen LogP contribution in [0.4, 0.5) is 0 Å². The third kappa shape index (κ3) is 3.40. The van der Waals surface area contributed by atoms with Crippen LogP contribution in [0.1, 0.15) is 29.3 Å². The second kappa shape index (κ2) is 6.12. The van der Waals surface area contributed by atoms with Gasteiger partial charge in [0.25, 0.3) is 0 Å². The molecular weight excluding hydrogens is 240 g/mol. The van der Waals surface area contributed by atoms with Crippen LogP contribution < -0.4 is 5.32 Å². The zero-order valence-electron chi connectivity index (χ0n) is 11.3. The number of hydrogen-bond donors (Lipinski definition) is 1. The standard InChI is InChI=1S/C15H20N2S/c1-4-5-16-10-14-9-15(17-18-14)13-7-11(2)6-12(3)8-13/h6-9,16H,4-5,10H2,1-3H3. The quantitative estimate of drug-likeness (QED) is 0.824. The maximum absolute atomic E-state index is 4.55. The Balaban J connectivity index is 2.13. The summed E-state index contributed by atoms with van der Waals surface area (Å²) in [6.07, 6.45) is 1.17. The fraction of sp³-hybridized carbons (Fsp3) is 0.400. The molecule has 0 radical (unpaired) electrons. The van der Waals surface area contributed by atoms with Gasteiger partial charge in [-0.05, 0) is 56.5 Å². The summed E-state index contributed by atoms with van der Waals surface area (Å²) in [7, 11) is 0. The number of aryl methyl sites for hydroxylation is 2. The number of rotatable bonds is 5. The van der Waals surface area contributed by atoms with Crippen molar-refractivity contribution in [1.82, 2.24) is 9.69 Å². The van der Waals surface area contributed by atoms with Gasteiger partial charge in [-0.3, -0.25) is 0 Å². The zero-order valence-corrected chi connectivity index (χ0v) is 12.1. The average molecular weight is 260 g/mol. The van der Waals surface area contributed by atoms with E-state index in [0.717, 1.165) is 18.8 Å². The van der Waals surface area contributed by atoms with E-state index in [4.69, 9.17) is 0 Å². The molecule has 0 saturated heterocycles. The predicted octanol–water partition coefficient (Wildman–Crippen LogP) is 3.93. The van der Waals surface area contributed by atoms with Crippen LogP contribution in [0.15, 0.2) is 24.3 Å². The van der Waals surface area contributed by atoms with E-state index in [9.17, 15) is 0 Å². The largest absolute Gasteiger partial charge is 0.312 e. The maximum atomic E-state index is 4.55. The van der Waals surface area contributed by atoms with E-state index in [0.29, 0.717) is 0 Å². The van der Waals surface area contributed by atoms with Crippen molar-refractivity contribution in [1.29, 1.82) is 0 Å². The van der Waals surface area contributed by atoms with E-state index in [2.05, 4.69) is 54.7 Å². The molecule has 0 aliphatic heterocycles. The van der Waals surface area contributed by atoms with Crippen molar-refractivity contribution < 1.29 is 0 Å². The van der Waals surface area contributed by atoms with Crippen LogP contribution >= 0.6 is 11.5 Å². The third-order valence-corrected chi connectivity index (χ3v) is 3.59. The van der Waals surface area contributed by atoms with Crippen LogP contribution in [0, 0.1) is 13.8 Å². The van der Waals surface area contributed by atoms with Crippen molar-refractivity contribution in [2.75, 3.05) is 6.54 Å². The summed E-state index contributed by atoms with van der Waals surface area (Å²) in [5.74, 6) is 0. The number of hydrogen-bond acceptors (Lipinski definition) is 3. The third-order valence-electron chi connectivity index (χ3n) is 2.80. The van der Waals surface area contributed by atoms with E-state index in [1.54, 1.807) is 11.5 Å². The minimum absolute atomic E-state index is 0.927. The molecule has 2 nitrogen and oxygen atoms in total. The van der Waals surface area contributed by atoms with Crippen molar-refractivity contribution in [2.45, 2.75) is 33.7 Å². The number of aromatic nitrogens is 1. The topological polar surface area (TPSA) is 24.9 Å². The molecule has 1 aromatic carbocycles. The molecule has 0 aliphatic carbocycles. The molecule has 1 N–H and O–H groups in total. The van der Waals surface area contributed by atoms with Gasteiger partial charge in [-0.25, -0.2) is 0 Å². The summed E-state index contributed by atoms with van der Waals surface area (Å²) >= 11 is 1.59. The van der Waals surface area contributed by atoms with E-state index in [1.165, 1.54) is 28.0 Å². The van der Waals surface area contributed by atoms with Gasteiger partial charge in [0.1, 0.15) is 0 Å². The molecule has 2 aromatic rings. The van der Waals surface area contributed by atoms with Gasteiger partial charge >= 0.3 is 0 Å². The van der Waals surface area contributed by atoms with Gasteiger partial charge in [0.15, 0.2) is 0 Å². The van der Waals surface area contributed by atoms with Gasteiger partial charge < -0.3 is 5.32 Å². The Morgan fingerprint density at radius 1 is 1.11 bits per heavy atom. The lowest BCUT2D eigenvalue weighted by Crippen LogP contribution is -2.12. The lowest BCUT2D eigenvalue weighted by molar-refractivity contribution is 0.681. The molecule has 0 saturated carbocycles. The zero-order chi connectivity index (χ0) is 13.0. The first-order valence-corrected chi connectivity index (χ1v) is 7.21. The molecule has 2 rings (SSSR count). The maximum Gasteiger partial charge on any atom is 0.0844 e. The highest BCUT2D eigenvalue weighted by Gasteiger charge is 2.05. The number of nitrogens with one attached hydrogen (secondary N) is 1. The van der Waals surface area contributed by atoms with Gasteiger partial charge in [0.05, 0.1) is 5.69 Å². The van der Waals surface area contributed by atoms with E-state index in [-0.39, 0.29) is 0 Å². The smallest absolute Gasteiger partial charge is 0.0844 e. The molecule has 96 valence electrons. The summed E-state index contributed by atoms with van der Waals surface area (Å²) in [6.45, 7) is 8.44. The first-order valence-electron chi connectivity index (χ1n) is 6.44. The minimum Gasteiger partial charge on any atom is -0.312 e. The lowest BCUT2D eigenvalue weighted by Gasteiger charge is -2.01. The molecule has 1 aromatic heterocycles. The van der Waals surface area contributed by atoms with Gasteiger partial charge in [-0.2, -0.15) is 4.37 Å². The van der Waals surface area contributed by atoms with Crippen molar-refractivity contribution in [2.24, 2.45) is 0 Å². The summed E-state index contributed by atoms with van der Waals surface area (Å²) in [4.78, 5) is 1.30. The van der Waals surface area contributed by atoms with Crippen molar-refractivity contribution in [3.05, 3.63) is 40.3 Å². The highest BCUT2D eigenvalue weighted by Crippen LogP contribution is 2.24. The van der Waals surface area contributed by atoms with E-state index >= 15 is 0 Å². The van der Waals surface area contributed by atoms with Crippen LogP contribution in [0.2, 0.25) is 0 Å². The molecule has 18 heavy (non-hydrogen) atoms. The first-order chi connectivity index (χ1) is 8.69. The molecule has 0 unspecified atom stereocenters. The van der Waals surface area contributed by atoms with Crippen LogP contribution in [0.5, 0.6) is 0 Å². The monoisotopic (exact) mass is 260 g/mol. The second-order valence-corrected chi connectivity index (χ2v) is 5.62.